The molecule has 0 aliphatic heterocycles. The van der Waals surface area contributed by atoms with E-state index < -0.39 is 12.0 Å². The number of rotatable bonds is 9. The normalized spacial score (nSPS) is 11.4. The van der Waals surface area contributed by atoms with Gasteiger partial charge in [0.25, 0.3) is 0 Å². The van der Waals surface area contributed by atoms with Gasteiger partial charge in [-0.2, -0.15) is 11.8 Å². The van der Waals surface area contributed by atoms with Crippen LogP contribution in [-0.4, -0.2) is 47.0 Å². The van der Waals surface area contributed by atoms with Crippen molar-refractivity contribution in [1.82, 2.24) is 10.6 Å². The summed E-state index contributed by atoms with van der Waals surface area (Å²) in [5.74, 6) is -0.816. The lowest BCUT2D eigenvalue weighted by atomic mass is 10.2. The van der Waals surface area contributed by atoms with Crippen LogP contribution in [0.3, 0.4) is 0 Å². The topological polar surface area (TPSA) is 95.5 Å². The molecule has 0 aromatic carbocycles. The molecule has 2 amide bonds. The first-order chi connectivity index (χ1) is 8.47. The Morgan fingerprint density at radius 1 is 1.44 bits per heavy atom. The van der Waals surface area contributed by atoms with Gasteiger partial charge < -0.3 is 15.7 Å². The molecular formula is C11H18N2O4S. The number of carbonyl (C=O) groups excluding carboxylic acids is 2. The largest absolute Gasteiger partial charge is 0.480 e. The van der Waals surface area contributed by atoms with E-state index in [2.05, 4.69) is 17.2 Å². The Bertz CT molecular complexity index is 320. The maximum Gasteiger partial charge on any atom is 0.326 e. The first-order valence-electron chi connectivity index (χ1n) is 5.42. The predicted octanol–water partition coefficient (Wildman–Crippen LogP) is 0.00120. The third-order valence-corrected chi connectivity index (χ3v) is 2.89. The molecule has 0 aliphatic rings. The van der Waals surface area contributed by atoms with Gasteiger partial charge in [-0.1, -0.05) is 6.08 Å². The molecule has 0 bridgehead atoms. The van der Waals surface area contributed by atoms with Crippen LogP contribution in [-0.2, 0) is 14.4 Å². The molecule has 3 N–H and O–H groups in total. The van der Waals surface area contributed by atoms with Crippen LogP contribution in [0.5, 0.6) is 0 Å². The first-order valence-corrected chi connectivity index (χ1v) is 6.58. The van der Waals surface area contributed by atoms with Crippen molar-refractivity contribution in [3.05, 3.63) is 12.7 Å². The van der Waals surface area contributed by atoms with Gasteiger partial charge in [-0.05, 0) is 12.2 Å². The highest BCUT2D eigenvalue weighted by molar-refractivity contribution is 7.99. The zero-order chi connectivity index (χ0) is 14.0. The molecule has 0 rings (SSSR count). The minimum atomic E-state index is -1.07. The fourth-order valence-corrected chi connectivity index (χ4v) is 1.94. The molecule has 0 aliphatic carbocycles. The molecule has 0 heterocycles. The number of carbonyl (C=O) groups is 3. The molecule has 0 aromatic rings. The Hall–Kier alpha value is -1.50. The number of nitrogens with one attached hydrogen (secondary N) is 2. The monoisotopic (exact) mass is 274 g/mol. The number of hydrogen-bond donors (Lipinski definition) is 3. The summed E-state index contributed by atoms with van der Waals surface area (Å²) in [6.07, 6.45) is 1.87. The van der Waals surface area contributed by atoms with Gasteiger partial charge >= 0.3 is 5.97 Å². The highest BCUT2D eigenvalue weighted by Gasteiger charge is 2.17. The van der Waals surface area contributed by atoms with Gasteiger partial charge in [0.1, 0.15) is 6.04 Å². The third kappa shape index (κ3) is 8.63. The second-order valence-electron chi connectivity index (χ2n) is 3.53. The lowest BCUT2D eigenvalue weighted by Crippen LogP contribution is -2.40. The zero-order valence-corrected chi connectivity index (χ0v) is 11.1. The number of aliphatic carboxylic acids is 1. The van der Waals surface area contributed by atoms with Gasteiger partial charge in [-0.15, -0.1) is 6.58 Å². The molecular weight excluding hydrogens is 256 g/mol. The number of amides is 2. The van der Waals surface area contributed by atoms with E-state index in [1.54, 1.807) is 6.08 Å². The second kappa shape index (κ2) is 9.52. The van der Waals surface area contributed by atoms with E-state index >= 15 is 0 Å². The molecule has 102 valence electrons. The number of carboxylic acid groups (broad SMARTS) is 1. The Morgan fingerprint density at radius 2 is 2.11 bits per heavy atom. The molecule has 0 saturated heterocycles. The van der Waals surface area contributed by atoms with Crippen molar-refractivity contribution >= 4 is 29.5 Å². The van der Waals surface area contributed by atoms with Crippen molar-refractivity contribution in [2.75, 3.05) is 18.1 Å². The van der Waals surface area contributed by atoms with Crippen molar-refractivity contribution < 1.29 is 19.5 Å². The molecule has 0 fully saturated rings. The zero-order valence-electron chi connectivity index (χ0n) is 10.3. The van der Waals surface area contributed by atoms with E-state index in [1.807, 2.05) is 0 Å². The molecule has 7 heteroatoms. The summed E-state index contributed by atoms with van der Waals surface area (Å²) in [7, 11) is 0. The summed E-state index contributed by atoms with van der Waals surface area (Å²) < 4.78 is 0. The maximum absolute atomic E-state index is 11.2. The molecule has 0 radical (unpaired) electrons. The molecule has 6 nitrogen and oxygen atoms in total. The quantitative estimate of drug-likeness (QED) is 0.406. The van der Waals surface area contributed by atoms with Gasteiger partial charge in [0.2, 0.25) is 11.8 Å². The number of hydrogen-bond acceptors (Lipinski definition) is 4. The average Bonchev–Trinajstić information content (AvgIpc) is 2.29. The average molecular weight is 274 g/mol. The Balaban J connectivity index is 3.79. The molecule has 18 heavy (non-hydrogen) atoms. The van der Waals surface area contributed by atoms with Gasteiger partial charge in [0.15, 0.2) is 0 Å². The minimum Gasteiger partial charge on any atom is -0.480 e. The van der Waals surface area contributed by atoms with E-state index in [1.165, 1.54) is 18.7 Å². The van der Waals surface area contributed by atoms with Gasteiger partial charge in [0, 0.05) is 13.5 Å². The summed E-state index contributed by atoms with van der Waals surface area (Å²) >= 11 is 1.32. The van der Waals surface area contributed by atoms with Crippen LogP contribution in [0.1, 0.15) is 13.3 Å². The third-order valence-electron chi connectivity index (χ3n) is 1.90. The van der Waals surface area contributed by atoms with Gasteiger partial charge in [-0.25, -0.2) is 4.79 Å². The molecule has 0 aromatic heterocycles. The van der Waals surface area contributed by atoms with Crippen LogP contribution in [0.4, 0.5) is 0 Å². The standard InChI is InChI=1S/C11H18N2O4S/c1-3-5-12-10(15)7-18-6-4-9(11(16)17)13-8(2)14/h3,9H,1,4-7H2,2H3,(H,12,15)(H,13,14)(H,16,17). The maximum atomic E-state index is 11.2. The Kier molecular flexibility index (Phi) is 8.73. The summed E-state index contributed by atoms with van der Waals surface area (Å²) in [4.78, 5) is 32.7. The first kappa shape index (κ1) is 16.5. The smallest absolute Gasteiger partial charge is 0.326 e. The predicted molar refractivity (Wildman–Crippen MR) is 70.4 cm³/mol. The minimum absolute atomic E-state index is 0.119. The van der Waals surface area contributed by atoms with E-state index in [0.29, 0.717) is 12.3 Å². The fraction of sp³-hybridized carbons (Fsp3) is 0.545. The second-order valence-corrected chi connectivity index (χ2v) is 4.63. The van der Waals surface area contributed by atoms with E-state index in [4.69, 9.17) is 5.11 Å². The Morgan fingerprint density at radius 3 is 2.61 bits per heavy atom. The number of carboxylic acids is 1. The van der Waals surface area contributed by atoms with E-state index in [9.17, 15) is 14.4 Å². The summed E-state index contributed by atoms with van der Waals surface area (Å²) in [6, 6.07) is -0.897. The van der Waals surface area contributed by atoms with Crippen molar-refractivity contribution in [2.45, 2.75) is 19.4 Å². The lowest BCUT2D eigenvalue weighted by molar-refractivity contribution is -0.141. The summed E-state index contributed by atoms with van der Waals surface area (Å²) in [5.41, 5.74) is 0. The Labute approximate surface area is 110 Å². The van der Waals surface area contributed by atoms with Gasteiger partial charge in [-0.3, -0.25) is 9.59 Å². The molecule has 0 saturated carbocycles. The van der Waals surface area contributed by atoms with Crippen molar-refractivity contribution in [3.63, 3.8) is 0 Å². The SMILES string of the molecule is C=CCNC(=O)CSCCC(NC(C)=O)C(=O)O. The van der Waals surface area contributed by atoms with Crippen molar-refractivity contribution in [2.24, 2.45) is 0 Å². The summed E-state index contributed by atoms with van der Waals surface area (Å²) in [5, 5.41) is 13.8. The van der Waals surface area contributed by atoms with Crippen LogP contribution < -0.4 is 10.6 Å². The van der Waals surface area contributed by atoms with Crippen molar-refractivity contribution in [3.8, 4) is 0 Å². The van der Waals surface area contributed by atoms with E-state index in [0.717, 1.165) is 0 Å². The highest BCUT2D eigenvalue weighted by Crippen LogP contribution is 2.05. The lowest BCUT2D eigenvalue weighted by Gasteiger charge is -2.12. The van der Waals surface area contributed by atoms with E-state index in [-0.39, 0.29) is 24.0 Å². The number of thioether (sulfide) groups is 1. The summed E-state index contributed by atoms with van der Waals surface area (Å²) in [6.45, 7) is 5.16. The molecule has 1 atom stereocenters. The van der Waals surface area contributed by atoms with Crippen LogP contribution in [0, 0.1) is 0 Å². The fourth-order valence-electron chi connectivity index (χ4n) is 1.11. The van der Waals surface area contributed by atoms with Crippen LogP contribution in [0.25, 0.3) is 0 Å². The van der Waals surface area contributed by atoms with Crippen LogP contribution >= 0.6 is 11.8 Å². The van der Waals surface area contributed by atoms with Gasteiger partial charge in [0.05, 0.1) is 5.75 Å². The van der Waals surface area contributed by atoms with Crippen molar-refractivity contribution in [1.29, 1.82) is 0 Å². The van der Waals surface area contributed by atoms with Crippen LogP contribution in [0.2, 0.25) is 0 Å². The molecule has 0 spiro atoms. The van der Waals surface area contributed by atoms with Crippen LogP contribution in [0.15, 0.2) is 12.7 Å². The molecule has 1 unspecified atom stereocenters. The highest BCUT2D eigenvalue weighted by atomic mass is 32.2.